The number of hydrogen-bond acceptors (Lipinski definition) is 4. The van der Waals surface area contributed by atoms with Crippen molar-refractivity contribution in [2.45, 2.75) is 51.1 Å². The summed E-state index contributed by atoms with van der Waals surface area (Å²) in [7, 11) is 1.61. The van der Waals surface area contributed by atoms with Crippen molar-refractivity contribution in [2.75, 3.05) is 13.7 Å². The lowest BCUT2D eigenvalue weighted by Crippen LogP contribution is -2.37. The maximum Gasteiger partial charge on any atom is 0.226 e. The number of ether oxygens (including phenoxy) is 1. The highest BCUT2D eigenvalue weighted by molar-refractivity contribution is 5.90. The largest absolute Gasteiger partial charge is 0.493 e. The number of carbonyl (C=O) groups is 2. The van der Waals surface area contributed by atoms with Crippen molar-refractivity contribution in [3.8, 4) is 5.75 Å². The molecule has 0 bridgehead atoms. The summed E-state index contributed by atoms with van der Waals surface area (Å²) in [6.45, 7) is 2.43. The van der Waals surface area contributed by atoms with E-state index in [1.165, 1.54) is 12.8 Å². The van der Waals surface area contributed by atoms with Crippen LogP contribution >= 0.6 is 0 Å². The molecule has 1 saturated carbocycles. The van der Waals surface area contributed by atoms with Crippen LogP contribution in [0.25, 0.3) is 11.0 Å². The van der Waals surface area contributed by atoms with Crippen LogP contribution in [0.2, 0.25) is 0 Å². The summed E-state index contributed by atoms with van der Waals surface area (Å²) in [4.78, 5) is 27.0. The Morgan fingerprint density at radius 3 is 2.85 bits per heavy atom. The molecule has 1 aliphatic heterocycles. The molecule has 1 N–H and O–H groups in total. The summed E-state index contributed by atoms with van der Waals surface area (Å²) < 4.78 is 11.3. The zero-order valence-corrected chi connectivity index (χ0v) is 15.9. The molecule has 1 saturated heterocycles. The highest BCUT2D eigenvalue weighted by atomic mass is 16.5. The lowest BCUT2D eigenvalue weighted by molar-refractivity contribution is -0.130. The third-order valence-electron chi connectivity index (χ3n) is 5.83. The van der Waals surface area contributed by atoms with E-state index < -0.39 is 0 Å². The molecule has 6 nitrogen and oxygen atoms in total. The molecule has 2 aliphatic rings. The summed E-state index contributed by atoms with van der Waals surface area (Å²) in [5, 5.41) is 3.95. The average Bonchev–Trinajstić information content (AvgIpc) is 3.39. The summed E-state index contributed by atoms with van der Waals surface area (Å²) >= 11 is 0. The topological polar surface area (TPSA) is 71.8 Å². The minimum absolute atomic E-state index is 0.0798. The van der Waals surface area contributed by atoms with E-state index in [9.17, 15) is 9.59 Å². The van der Waals surface area contributed by atoms with E-state index in [0.717, 1.165) is 18.2 Å². The number of rotatable bonds is 5. The summed E-state index contributed by atoms with van der Waals surface area (Å²) in [6.07, 6.45) is 4.80. The van der Waals surface area contributed by atoms with E-state index in [-0.39, 0.29) is 23.8 Å². The number of para-hydroxylation sites is 1. The van der Waals surface area contributed by atoms with E-state index in [1.807, 2.05) is 36.1 Å². The number of hydrogen-bond donors (Lipinski definition) is 1. The number of furan rings is 1. The van der Waals surface area contributed by atoms with Crippen molar-refractivity contribution in [2.24, 2.45) is 5.92 Å². The Morgan fingerprint density at radius 1 is 1.33 bits per heavy atom. The van der Waals surface area contributed by atoms with Gasteiger partial charge in [0.15, 0.2) is 11.3 Å². The molecule has 2 heterocycles. The first kappa shape index (κ1) is 17.9. The fraction of sp³-hybridized carbons (Fsp3) is 0.524. The van der Waals surface area contributed by atoms with Gasteiger partial charge in [-0.1, -0.05) is 25.0 Å². The van der Waals surface area contributed by atoms with Gasteiger partial charge in [-0.2, -0.15) is 0 Å². The predicted octanol–water partition coefficient (Wildman–Crippen LogP) is 3.41. The molecule has 0 spiro atoms. The fourth-order valence-electron chi connectivity index (χ4n) is 4.31. The molecular weight excluding hydrogens is 344 g/mol. The lowest BCUT2D eigenvalue weighted by atomic mass is 10.1. The van der Waals surface area contributed by atoms with E-state index in [2.05, 4.69) is 5.32 Å². The van der Waals surface area contributed by atoms with Gasteiger partial charge >= 0.3 is 0 Å². The number of benzene rings is 1. The van der Waals surface area contributed by atoms with Crippen molar-refractivity contribution >= 4 is 22.8 Å². The second kappa shape index (κ2) is 7.25. The maximum atomic E-state index is 12.7. The van der Waals surface area contributed by atoms with Crippen molar-refractivity contribution in [3.63, 3.8) is 0 Å². The van der Waals surface area contributed by atoms with Crippen molar-refractivity contribution in [1.82, 2.24) is 10.2 Å². The Morgan fingerprint density at radius 2 is 2.11 bits per heavy atom. The molecule has 0 radical (unpaired) electrons. The zero-order chi connectivity index (χ0) is 19.0. The van der Waals surface area contributed by atoms with Crippen LogP contribution in [0.5, 0.6) is 5.75 Å². The highest BCUT2D eigenvalue weighted by Crippen LogP contribution is 2.32. The molecule has 6 heteroatoms. The van der Waals surface area contributed by atoms with Crippen LogP contribution in [0.4, 0.5) is 0 Å². The molecular formula is C21H26N2O4. The zero-order valence-electron chi connectivity index (χ0n) is 15.9. The standard InChI is InChI=1S/C21H26N2O4/c1-13(18-10-14-6-5-9-17(26-2)20(14)27-18)22-21(25)15-11-19(24)23(12-15)16-7-3-4-8-16/h5-6,9-10,13,15-16H,3-4,7-8,11-12H2,1-2H3,(H,22,25). The molecule has 1 aromatic heterocycles. The van der Waals surface area contributed by atoms with Gasteiger partial charge in [-0.15, -0.1) is 0 Å². The first-order chi connectivity index (χ1) is 13.1. The van der Waals surface area contributed by atoms with Gasteiger partial charge in [-0.05, 0) is 31.9 Å². The Labute approximate surface area is 158 Å². The molecule has 2 amide bonds. The summed E-state index contributed by atoms with van der Waals surface area (Å²) in [5.74, 6) is 1.11. The molecule has 2 unspecified atom stereocenters. The number of nitrogens with one attached hydrogen (secondary N) is 1. The summed E-state index contributed by atoms with van der Waals surface area (Å²) in [5.41, 5.74) is 0.680. The normalized spacial score (nSPS) is 21.8. The van der Waals surface area contributed by atoms with Crippen LogP contribution in [0.3, 0.4) is 0 Å². The van der Waals surface area contributed by atoms with Crippen LogP contribution in [-0.2, 0) is 9.59 Å². The number of likely N-dealkylation sites (tertiary alicyclic amines) is 1. The Hall–Kier alpha value is -2.50. The molecule has 144 valence electrons. The van der Waals surface area contributed by atoms with Crippen LogP contribution < -0.4 is 10.1 Å². The van der Waals surface area contributed by atoms with Gasteiger partial charge in [0.2, 0.25) is 11.8 Å². The molecule has 27 heavy (non-hydrogen) atoms. The molecule has 4 rings (SSSR count). The average molecular weight is 370 g/mol. The van der Waals surface area contributed by atoms with Gasteiger partial charge in [0.25, 0.3) is 0 Å². The number of amides is 2. The van der Waals surface area contributed by atoms with Gasteiger partial charge < -0.3 is 19.4 Å². The van der Waals surface area contributed by atoms with E-state index in [1.54, 1.807) is 7.11 Å². The van der Waals surface area contributed by atoms with Crippen LogP contribution in [0.15, 0.2) is 28.7 Å². The van der Waals surface area contributed by atoms with Crippen molar-refractivity contribution < 1.29 is 18.7 Å². The van der Waals surface area contributed by atoms with Crippen LogP contribution in [-0.4, -0.2) is 36.4 Å². The number of carbonyl (C=O) groups excluding carboxylic acids is 2. The van der Waals surface area contributed by atoms with Crippen molar-refractivity contribution in [1.29, 1.82) is 0 Å². The first-order valence-corrected chi connectivity index (χ1v) is 9.73. The Bertz CT molecular complexity index is 853. The smallest absolute Gasteiger partial charge is 0.226 e. The maximum absolute atomic E-state index is 12.7. The second-order valence-electron chi connectivity index (χ2n) is 7.64. The third-order valence-corrected chi connectivity index (χ3v) is 5.83. The molecule has 2 atom stereocenters. The van der Waals surface area contributed by atoms with E-state index >= 15 is 0 Å². The summed E-state index contributed by atoms with van der Waals surface area (Å²) in [6, 6.07) is 7.69. The lowest BCUT2D eigenvalue weighted by Gasteiger charge is -2.24. The molecule has 2 fully saturated rings. The fourth-order valence-corrected chi connectivity index (χ4v) is 4.31. The number of fused-ring (bicyclic) bond motifs is 1. The van der Waals surface area contributed by atoms with Crippen LogP contribution in [0.1, 0.15) is 50.8 Å². The second-order valence-corrected chi connectivity index (χ2v) is 7.64. The quantitative estimate of drug-likeness (QED) is 0.875. The van der Waals surface area contributed by atoms with E-state index in [4.69, 9.17) is 9.15 Å². The first-order valence-electron chi connectivity index (χ1n) is 9.73. The van der Waals surface area contributed by atoms with Gasteiger partial charge in [-0.25, -0.2) is 0 Å². The van der Waals surface area contributed by atoms with Gasteiger partial charge in [0.05, 0.1) is 19.1 Å². The van der Waals surface area contributed by atoms with Gasteiger partial charge in [0, 0.05) is 24.4 Å². The molecule has 1 aromatic carbocycles. The molecule has 2 aromatic rings. The predicted molar refractivity (Wildman–Crippen MR) is 101 cm³/mol. The number of nitrogens with zero attached hydrogens (tertiary/aromatic N) is 1. The monoisotopic (exact) mass is 370 g/mol. The van der Waals surface area contributed by atoms with Gasteiger partial charge in [-0.3, -0.25) is 9.59 Å². The minimum Gasteiger partial charge on any atom is -0.493 e. The Balaban J connectivity index is 1.43. The minimum atomic E-state index is -0.278. The van der Waals surface area contributed by atoms with Crippen molar-refractivity contribution in [3.05, 3.63) is 30.0 Å². The SMILES string of the molecule is COc1cccc2cc(C(C)NC(=O)C3CC(=O)N(C4CCCC4)C3)oc12. The highest BCUT2D eigenvalue weighted by Gasteiger charge is 2.39. The number of methoxy groups -OCH3 is 1. The third kappa shape index (κ3) is 3.40. The Kier molecular flexibility index (Phi) is 4.81. The van der Waals surface area contributed by atoms with Crippen LogP contribution in [0, 0.1) is 5.92 Å². The van der Waals surface area contributed by atoms with E-state index in [0.29, 0.717) is 36.1 Å². The molecule has 1 aliphatic carbocycles. The van der Waals surface area contributed by atoms with Gasteiger partial charge in [0.1, 0.15) is 5.76 Å².